The molecule has 0 aliphatic carbocycles. The molecule has 0 saturated heterocycles. The Labute approximate surface area is 191 Å². The van der Waals surface area contributed by atoms with E-state index in [0.717, 1.165) is 28.8 Å². The second-order valence-corrected chi connectivity index (χ2v) is 7.68. The van der Waals surface area contributed by atoms with Crippen LogP contribution in [-0.4, -0.2) is 20.7 Å². The molecule has 33 heavy (non-hydrogen) atoms. The largest absolute Gasteiger partial charge is 0.444 e. The highest BCUT2D eigenvalue weighted by atomic mass is 16.3. The van der Waals surface area contributed by atoms with E-state index in [4.69, 9.17) is 4.42 Å². The fourth-order valence-corrected chi connectivity index (χ4v) is 3.75. The molecule has 0 fully saturated rings. The zero-order valence-electron chi connectivity index (χ0n) is 17.9. The maximum absolute atomic E-state index is 12.7. The Hall–Kier alpha value is -4.45. The molecule has 2 aromatic heterocycles. The van der Waals surface area contributed by atoms with Crippen LogP contribution in [0.3, 0.4) is 0 Å². The first kappa shape index (κ1) is 20.5. The highest BCUT2D eigenvalue weighted by Crippen LogP contribution is 2.25. The number of nitrogens with one attached hydrogen (secondary N) is 1. The second-order valence-electron chi connectivity index (χ2n) is 7.68. The standard InChI is InChI=1S/C27H22N4O2/c32-27(23-12-10-22(11-13-23)26-17-28-19-33-26)29-16-24-4-1-2-5-25(24)21-8-6-20(7-9-21)18-31-15-3-14-30-31/h1-15,17,19H,16,18H2,(H,29,32). The van der Waals surface area contributed by atoms with E-state index >= 15 is 0 Å². The van der Waals surface area contributed by atoms with E-state index in [2.05, 4.69) is 45.7 Å². The Morgan fingerprint density at radius 3 is 2.42 bits per heavy atom. The van der Waals surface area contributed by atoms with Crippen molar-refractivity contribution in [2.24, 2.45) is 0 Å². The molecule has 5 rings (SSSR count). The molecule has 1 amide bonds. The van der Waals surface area contributed by atoms with Crippen LogP contribution in [0.1, 0.15) is 21.5 Å². The topological polar surface area (TPSA) is 73.0 Å². The summed E-state index contributed by atoms with van der Waals surface area (Å²) in [5.41, 5.74) is 5.93. The average Bonchev–Trinajstić information content (AvgIpc) is 3.58. The molecule has 0 bridgehead atoms. The quantitative estimate of drug-likeness (QED) is 0.383. The fraction of sp³-hybridized carbons (Fsp3) is 0.0741. The van der Waals surface area contributed by atoms with Gasteiger partial charge in [-0.05, 0) is 40.5 Å². The second kappa shape index (κ2) is 9.36. The minimum Gasteiger partial charge on any atom is -0.444 e. The van der Waals surface area contributed by atoms with Gasteiger partial charge in [0.05, 0.1) is 12.7 Å². The first-order valence-corrected chi connectivity index (χ1v) is 10.7. The minimum absolute atomic E-state index is 0.122. The highest BCUT2D eigenvalue weighted by Gasteiger charge is 2.10. The van der Waals surface area contributed by atoms with E-state index in [-0.39, 0.29) is 5.91 Å². The van der Waals surface area contributed by atoms with Gasteiger partial charge in [0.25, 0.3) is 5.91 Å². The molecular formula is C27H22N4O2. The van der Waals surface area contributed by atoms with E-state index in [1.165, 1.54) is 12.0 Å². The fourth-order valence-electron chi connectivity index (χ4n) is 3.75. The molecule has 0 aliphatic heterocycles. The number of benzene rings is 3. The Bertz CT molecular complexity index is 1320. The van der Waals surface area contributed by atoms with Crippen LogP contribution in [-0.2, 0) is 13.1 Å². The third kappa shape index (κ3) is 4.75. The van der Waals surface area contributed by atoms with Gasteiger partial charge in [-0.25, -0.2) is 4.98 Å². The van der Waals surface area contributed by atoms with Gasteiger partial charge in [-0.15, -0.1) is 0 Å². The Balaban J connectivity index is 1.27. The van der Waals surface area contributed by atoms with E-state index in [1.807, 2.05) is 47.3 Å². The molecule has 0 atom stereocenters. The summed E-state index contributed by atoms with van der Waals surface area (Å²) >= 11 is 0. The Morgan fingerprint density at radius 2 is 1.70 bits per heavy atom. The summed E-state index contributed by atoms with van der Waals surface area (Å²) in [6.07, 6.45) is 6.77. The van der Waals surface area contributed by atoms with Gasteiger partial charge in [-0.2, -0.15) is 5.10 Å². The lowest BCUT2D eigenvalue weighted by Gasteiger charge is -2.12. The lowest BCUT2D eigenvalue weighted by atomic mass is 9.98. The molecular weight excluding hydrogens is 412 g/mol. The highest BCUT2D eigenvalue weighted by molar-refractivity contribution is 5.94. The molecule has 162 valence electrons. The van der Waals surface area contributed by atoms with Gasteiger partial charge >= 0.3 is 0 Å². The van der Waals surface area contributed by atoms with Gasteiger partial charge in [0.15, 0.2) is 12.2 Å². The molecule has 0 saturated carbocycles. The Morgan fingerprint density at radius 1 is 0.909 bits per heavy atom. The van der Waals surface area contributed by atoms with Crippen LogP contribution in [0, 0.1) is 0 Å². The first-order valence-electron chi connectivity index (χ1n) is 10.7. The first-order chi connectivity index (χ1) is 16.3. The number of rotatable bonds is 7. The minimum atomic E-state index is -0.122. The summed E-state index contributed by atoms with van der Waals surface area (Å²) in [7, 11) is 0. The molecule has 0 spiro atoms. The van der Waals surface area contributed by atoms with Crippen molar-refractivity contribution in [2.45, 2.75) is 13.1 Å². The summed E-state index contributed by atoms with van der Waals surface area (Å²) in [5.74, 6) is 0.551. The molecule has 6 heteroatoms. The van der Waals surface area contributed by atoms with E-state index < -0.39 is 0 Å². The molecule has 3 aromatic carbocycles. The van der Waals surface area contributed by atoms with E-state index in [0.29, 0.717) is 17.9 Å². The molecule has 2 heterocycles. The third-order valence-electron chi connectivity index (χ3n) is 5.49. The molecule has 0 unspecified atom stereocenters. The lowest BCUT2D eigenvalue weighted by Crippen LogP contribution is -2.23. The summed E-state index contributed by atoms with van der Waals surface area (Å²) in [5, 5.41) is 7.29. The summed E-state index contributed by atoms with van der Waals surface area (Å²) < 4.78 is 7.20. The van der Waals surface area contributed by atoms with Crippen molar-refractivity contribution in [1.82, 2.24) is 20.1 Å². The van der Waals surface area contributed by atoms with Crippen LogP contribution in [0.5, 0.6) is 0 Å². The molecule has 6 nitrogen and oxygen atoms in total. The number of amides is 1. The van der Waals surface area contributed by atoms with Gasteiger partial charge in [-0.3, -0.25) is 9.48 Å². The van der Waals surface area contributed by atoms with Crippen molar-refractivity contribution in [1.29, 1.82) is 0 Å². The number of carbonyl (C=O) groups excluding carboxylic acids is 1. The number of hydrogen-bond acceptors (Lipinski definition) is 4. The van der Waals surface area contributed by atoms with Crippen LogP contribution in [0.2, 0.25) is 0 Å². The lowest BCUT2D eigenvalue weighted by molar-refractivity contribution is 0.0951. The zero-order chi connectivity index (χ0) is 22.5. The van der Waals surface area contributed by atoms with Gasteiger partial charge in [0, 0.05) is 30.1 Å². The van der Waals surface area contributed by atoms with Crippen LogP contribution in [0.25, 0.3) is 22.5 Å². The molecule has 1 N–H and O–H groups in total. The normalized spacial score (nSPS) is 10.8. The van der Waals surface area contributed by atoms with Crippen LogP contribution >= 0.6 is 0 Å². The van der Waals surface area contributed by atoms with Crippen molar-refractivity contribution >= 4 is 5.91 Å². The van der Waals surface area contributed by atoms with Gasteiger partial charge in [-0.1, -0.05) is 60.7 Å². The summed E-state index contributed by atoms with van der Waals surface area (Å²) in [4.78, 5) is 16.6. The summed E-state index contributed by atoms with van der Waals surface area (Å²) in [6.45, 7) is 1.17. The number of aromatic nitrogens is 3. The predicted molar refractivity (Wildman–Crippen MR) is 126 cm³/mol. The van der Waals surface area contributed by atoms with Crippen molar-refractivity contribution in [3.05, 3.63) is 121 Å². The van der Waals surface area contributed by atoms with Crippen molar-refractivity contribution in [2.75, 3.05) is 0 Å². The number of oxazole rings is 1. The van der Waals surface area contributed by atoms with Crippen molar-refractivity contribution in [3.8, 4) is 22.5 Å². The maximum atomic E-state index is 12.7. The van der Waals surface area contributed by atoms with Gasteiger partial charge < -0.3 is 9.73 Å². The van der Waals surface area contributed by atoms with E-state index in [1.54, 1.807) is 24.5 Å². The van der Waals surface area contributed by atoms with Crippen molar-refractivity contribution in [3.63, 3.8) is 0 Å². The SMILES string of the molecule is O=C(NCc1ccccc1-c1ccc(Cn2cccn2)cc1)c1ccc(-c2cnco2)cc1. The predicted octanol–water partition coefficient (Wildman–Crippen LogP) is 5.18. The number of hydrogen-bond donors (Lipinski definition) is 1. The van der Waals surface area contributed by atoms with Crippen LogP contribution < -0.4 is 5.32 Å². The van der Waals surface area contributed by atoms with Gasteiger partial charge in [0.2, 0.25) is 0 Å². The van der Waals surface area contributed by atoms with Crippen molar-refractivity contribution < 1.29 is 9.21 Å². The monoisotopic (exact) mass is 434 g/mol. The smallest absolute Gasteiger partial charge is 0.251 e. The maximum Gasteiger partial charge on any atom is 0.251 e. The molecule has 0 radical (unpaired) electrons. The van der Waals surface area contributed by atoms with E-state index in [9.17, 15) is 4.79 Å². The average molecular weight is 434 g/mol. The Kier molecular flexibility index (Phi) is 5.80. The zero-order valence-corrected chi connectivity index (χ0v) is 17.9. The molecule has 0 aliphatic rings. The van der Waals surface area contributed by atoms with Crippen LogP contribution in [0.15, 0.2) is 108 Å². The third-order valence-corrected chi connectivity index (χ3v) is 5.49. The molecule has 5 aromatic rings. The van der Waals surface area contributed by atoms with Crippen LogP contribution in [0.4, 0.5) is 0 Å². The van der Waals surface area contributed by atoms with Gasteiger partial charge in [0.1, 0.15) is 0 Å². The summed E-state index contributed by atoms with van der Waals surface area (Å²) in [6, 6.07) is 25.8. The number of nitrogens with zero attached hydrogens (tertiary/aromatic N) is 3. The number of carbonyl (C=O) groups is 1.